The van der Waals surface area contributed by atoms with Gasteiger partial charge in [-0.1, -0.05) is 80.0 Å². The molecule has 0 radical (unpaired) electrons. The van der Waals surface area contributed by atoms with Crippen LogP contribution in [0, 0.1) is 0 Å². The summed E-state index contributed by atoms with van der Waals surface area (Å²) < 4.78 is 1.06. The lowest BCUT2D eigenvalue weighted by Crippen LogP contribution is -1.82. The minimum Gasteiger partial charge on any atom is -0.507 e. The van der Waals surface area contributed by atoms with E-state index >= 15 is 0 Å². The first-order valence-corrected chi connectivity index (χ1v) is 9.82. The minimum atomic E-state index is 0.310. The second-order valence-electron chi connectivity index (χ2n) is 5.13. The van der Waals surface area contributed by atoms with Gasteiger partial charge in [0.05, 0.1) is 4.90 Å². The summed E-state index contributed by atoms with van der Waals surface area (Å²) in [4.78, 5) is 3.80. The van der Waals surface area contributed by atoms with Crippen molar-refractivity contribution in [2.45, 2.75) is 9.79 Å². The fourth-order valence-electron chi connectivity index (χ4n) is 2.31. The minimum absolute atomic E-state index is 0.310. The number of phenols is 1. The SMILES string of the molecule is Oc1ccccc1Sc1ccc(-c2ccc(/C=C/Br)cc2Br)cc1. The zero-order valence-corrected chi connectivity index (χ0v) is 16.6. The molecule has 0 aliphatic rings. The van der Waals surface area contributed by atoms with Crippen LogP contribution in [-0.4, -0.2) is 5.11 Å². The normalized spacial score (nSPS) is 11.1. The lowest BCUT2D eigenvalue weighted by Gasteiger charge is -2.08. The molecule has 0 bridgehead atoms. The number of hydrogen-bond donors (Lipinski definition) is 1. The molecule has 0 heterocycles. The Kier molecular flexibility index (Phi) is 5.82. The molecular formula is C20H14Br2OS. The first-order chi connectivity index (χ1) is 11.7. The lowest BCUT2D eigenvalue weighted by atomic mass is 10.0. The average Bonchev–Trinajstić information content (AvgIpc) is 2.58. The van der Waals surface area contributed by atoms with Crippen molar-refractivity contribution in [2.75, 3.05) is 0 Å². The van der Waals surface area contributed by atoms with E-state index in [-0.39, 0.29) is 0 Å². The number of rotatable bonds is 4. The van der Waals surface area contributed by atoms with Crippen LogP contribution in [0.2, 0.25) is 0 Å². The monoisotopic (exact) mass is 460 g/mol. The van der Waals surface area contributed by atoms with Crippen LogP contribution < -0.4 is 0 Å². The molecule has 24 heavy (non-hydrogen) atoms. The highest BCUT2D eigenvalue weighted by Crippen LogP contribution is 2.36. The molecular weight excluding hydrogens is 448 g/mol. The summed E-state index contributed by atoms with van der Waals surface area (Å²) in [7, 11) is 0. The zero-order valence-electron chi connectivity index (χ0n) is 12.6. The van der Waals surface area contributed by atoms with Crippen molar-refractivity contribution in [3.05, 3.63) is 81.8 Å². The Labute approximate surface area is 162 Å². The van der Waals surface area contributed by atoms with Crippen LogP contribution in [0.15, 0.2) is 86.0 Å². The Morgan fingerprint density at radius 1 is 0.917 bits per heavy atom. The highest BCUT2D eigenvalue weighted by Gasteiger charge is 2.06. The van der Waals surface area contributed by atoms with Gasteiger partial charge in [-0.15, -0.1) is 0 Å². The average molecular weight is 462 g/mol. The van der Waals surface area contributed by atoms with Crippen LogP contribution in [0.3, 0.4) is 0 Å². The van der Waals surface area contributed by atoms with Crippen molar-refractivity contribution in [3.63, 3.8) is 0 Å². The summed E-state index contributed by atoms with van der Waals surface area (Å²) in [5.74, 6) is 0.310. The predicted octanol–water partition coefficient (Wildman–Crippen LogP) is 7.34. The highest BCUT2D eigenvalue weighted by molar-refractivity contribution is 9.11. The molecule has 0 amide bonds. The van der Waals surface area contributed by atoms with Gasteiger partial charge >= 0.3 is 0 Å². The summed E-state index contributed by atoms with van der Waals surface area (Å²) in [6.07, 6.45) is 2.00. The molecule has 120 valence electrons. The quantitative estimate of drug-likeness (QED) is 0.438. The molecule has 0 unspecified atom stereocenters. The van der Waals surface area contributed by atoms with Crippen molar-refractivity contribution < 1.29 is 5.11 Å². The number of halogens is 2. The maximum Gasteiger partial charge on any atom is 0.129 e. The molecule has 4 heteroatoms. The van der Waals surface area contributed by atoms with Crippen LogP contribution in [0.1, 0.15) is 5.56 Å². The number of hydrogen-bond acceptors (Lipinski definition) is 2. The zero-order chi connectivity index (χ0) is 16.9. The largest absolute Gasteiger partial charge is 0.507 e. The van der Waals surface area contributed by atoms with Gasteiger partial charge in [0.2, 0.25) is 0 Å². The fourth-order valence-corrected chi connectivity index (χ4v) is 4.09. The van der Waals surface area contributed by atoms with E-state index in [4.69, 9.17) is 0 Å². The summed E-state index contributed by atoms with van der Waals surface area (Å²) >= 11 is 8.50. The maximum absolute atomic E-state index is 9.87. The Bertz CT molecular complexity index is 873. The smallest absolute Gasteiger partial charge is 0.129 e. The summed E-state index contributed by atoms with van der Waals surface area (Å²) in [5, 5.41) is 9.87. The van der Waals surface area contributed by atoms with E-state index in [2.05, 4.69) is 74.3 Å². The van der Waals surface area contributed by atoms with Gasteiger partial charge in [0.15, 0.2) is 0 Å². The van der Waals surface area contributed by atoms with Crippen LogP contribution in [0.25, 0.3) is 17.2 Å². The third-order valence-electron chi connectivity index (χ3n) is 3.51. The highest BCUT2D eigenvalue weighted by atomic mass is 79.9. The molecule has 3 rings (SSSR count). The molecule has 0 aliphatic heterocycles. The van der Waals surface area contributed by atoms with Crippen molar-refractivity contribution in [1.29, 1.82) is 0 Å². The Balaban J connectivity index is 1.83. The molecule has 3 aromatic rings. The lowest BCUT2D eigenvalue weighted by molar-refractivity contribution is 0.462. The van der Waals surface area contributed by atoms with Gasteiger partial charge < -0.3 is 5.11 Å². The van der Waals surface area contributed by atoms with E-state index in [1.807, 2.05) is 29.3 Å². The Morgan fingerprint density at radius 2 is 1.67 bits per heavy atom. The van der Waals surface area contributed by atoms with E-state index in [1.165, 1.54) is 0 Å². The topological polar surface area (TPSA) is 20.2 Å². The fraction of sp³-hybridized carbons (Fsp3) is 0. The summed E-state index contributed by atoms with van der Waals surface area (Å²) in [6.45, 7) is 0. The van der Waals surface area contributed by atoms with E-state index in [9.17, 15) is 5.11 Å². The Hall–Kier alpha value is -1.49. The van der Waals surface area contributed by atoms with Crippen molar-refractivity contribution >= 4 is 49.7 Å². The van der Waals surface area contributed by atoms with Gasteiger partial charge in [0, 0.05) is 9.37 Å². The van der Waals surface area contributed by atoms with Crippen molar-refractivity contribution in [1.82, 2.24) is 0 Å². The molecule has 0 spiro atoms. The molecule has 0 saturated carbocycles. The third kappa shape index (κ3) is 4.12. The molecule has 0 fully saturated rings. The second-order valence-corrected chi connectivity index (χ2v) is 7.62. The van der Waals surface area contributed by atoms with Crippen LogP contribution in [-0.2, 0) is 0 Å². The molecule has 0 saturated heterocycles. The number of para-hydroxylation sites is 1. The van der Waals surface area contributed by atoms with Crippen molar-refractivity contribution in [3.8, 4) is 16.9 Å². The van der Waals surface area contributed by atoms with Gasteiger partial charge in [-0.3, -0.25) is 0 Å². The van der Waals surface area contributed by atoms with Crippen molar-refractivity contribution in [2.24, 2.45) is 0 Å². The van der Waals surface area contributed by atoms with Gasteiger partial charge in [-0.05, 0) is 58.1 Å². The summed E-state index contributed by atoms with van der Waals surface area (Å²) in [5.41, 5.74) is 3.44. The van der Waals surface area contributed by atoms with Gasteiger partial charge in [-0.25, -0.2) is 0 Å². The first kappa shape index (κ1) is 17.3. The molecule has 1 nitrogen and oxygen atoms in total. The van der Waals surface area contributed by atoms with E-state index < -0.39 is 0 Å². The van der Waals surface area contributed by atoms with Crippen LogP contribution >= 0.6 is 43.6 Å². The van der Waals surface area contributed by atoms with Crippen LogP contribution in [0.4, 0.5) is 0 Å². The van der Waals surface area contributed by atoms with Crippen LogP contribution in [0.5, 0.6) is 5.75 Å². The van der Waals surface area contributed by atoms with Gasteiger partial charge in [-0.2, -0.15) is 0 Å². The van der Waals surface area contributed by atoms with Gasteiger partial charge in [0.25, 0.3) is 0 Å². The molecule has 0 aliphatic carbocycles. The van der Waals surface area contributed by atoms with Gasteiger partial charge in [0.1, 0.15) is 5.75 Å². The molecule has 0 atom stereocenters. The molecule has 0 aromatic heterocycles. The second kappa shape index (κ2) is 8.06. The summed E-state index contributed by atoms with van der Waals surface area (Å²) in [6, 6.07) is 22.0. The van der Waals surface area contributed by atoms with E-state index in [0.29, 0.717) is 5.75 Å². The maximum atomic E-state index is 9.87. The standard InChI is InChI=1S/C20H14Br2OS/c21-12-11-14-5-10-17(18(22)13-14)15-6-8-16(9-7-15)24-20-4-2-1-3-19(20)23/h1-13,23H/b12-11+. The first-order valence-electron chi connectivity index (χ1n) is 7.30. The number of aromatic hydroxyl groups is 1. The predicted molar refractivity (Wildman–Crippen MR) is 110 cm³/mol. The molecule has 3 aromatic carbocycles. The van der Waals surface area contributed by atoms with E-state index in [0.717, 1.165) is 31.0 Å². The Morgan fingerprint density at radius 3 is 2.33 bits per heavy atom. The number of phenolic OH excluding ortho intramolecular Hbond substituents is 1. The van der Waals surface area contributed by atoms with E-state index in [1.54, 1.807) is 17.8 Å². The number of benzene rings is 3. The third-order valence-corrected chi connectivity index (χ3v) is 5.50. The molecule has 1 N–H and O–H groups in total.